The van der Waals surface area contributed by atoms with Gasteiger partial charge in [0.2, 0.25) is 5.43 Å². The van der Waals surface area contributed by atoms with Crippen molar-refractivity contribution < 1.29 is 19.0 Å². The van der Waals surface area contributed by atoms with Gasteiger partial charge in [0.25, 0.3) is 0 Å². The third-order valence-corrected chi connectivity index (χ3v) is 4.93. The van der Waals surface area contributed by atoms with Gasteiger partial charge in [0.1, 0.15) is 11.3 Å². The summed E-state index contributed by atoms with van der Waals surface area (Å²) in [4.78, 5) is 26.1. The van der Waals surface area contributed by atoms with Crippen LogP contribution in [0, 0.1) is 5.82 Å². The van der Waals surface area contributed by atoms with Crippen molar-refractivity contribution in [3.63, 3.8) is 0 Å². The van der Waals surface area contributed by atoms with Gasteiger partial charge in [-0.25, -0.2) is 9.18 Å². The first-order chi connectivity index (χ1) is 12.9. The fourth-order valence-corrected chi connectivity index (χ4v) is 3.69. The van der Waals surface area contributed by atoms with Crippen LogP contribution in [0.1, 0.15) is 30.6 Å². The van der Waals surface area contributed by atoms with Crippen LogP contribution in [0.3, 0.4) is 0 Å². The second kappa shape index (κ2) is 7.56. The molecule has 1 aliphatic rings. The van der Waals surface area contributed by atoms with Gasteiger partial charge in [-0.15, -0.1) is 0 Å². The van der Waals surface area contributed by atoms with Gasteiger partial charge >= 0.3 is 5.97 Å². The predicted octanol–water partition coefficient (Wildman–Crippen LogP) is 2.06. The van der Waals surface area contributed by atoms with Crippen LogP contribution in [0.5, 0.6) is 5.75 Å². The number of pyridine rings is 1. The van der Waals surface area contributed by atoms with E-state index in [2.05, 4.69) is 5.32 Å². The van der Waals surface area contributed by atoms with E-state index < -0.39 is 17.2 Å². The molecule has 2 heterocycles. The van der Waals surface area contributed by atoms with Gasteiger partial charge < -0.3 is 24.6 Å². The Labute approximate surface area is 156 Å². The number of rotatable bonds is 5. The minimum atomic E-state index is -1.33. The minimum absolute atomic E-state index is 0.0178. The Bertz CT molecular complexity index is 941. The van der Waals surface area contributed by atoms with Gasteiger partial charge in [-0.3, -0.25) is 4.79 Å². The fraction of sp³-hybridized carbons (Fsp3) is 0.474. The molecule has 8 heteroatoms. The number of benzene rings is 1. The van der Waals surface area contributed by atoms with Crippen molar-refractivity contribution in [2.45, 2.75) is 32.9 Å². The number of methoxy groups -OCH3 is 1. The molecule has 3 rings (SSSR count). The molecule has 1 unspecified atom stereocenters. The Balaban J connectivity index is 2.39. The van der Waals surface area contributed by atoms with Crippen molar-refractivity contribution in [1.82, 2.24) is 9.88 Å². The number of piperazine rings is 1. The van der Waals surface area contributed by atoms with Gasteiger partial charge in [-0.1, -0.05) is 6.92 Å². The highest BCUT2D eigenvalue weighted by atomic mass is 19.1. The lowest BCUT2D eigenvalue weighted by Gasteiger charge is -2.37. The first kappa shape index (κ1) is 19.2. The number of halogens is 1. The first-order valence-electron chi connectivity index (χ1n) is 9.05. The van der Waals surface area contributed by atoms with Crippen LogP contribution in [0.15, 0.2) is 17.1 Å². The van der Waals surface area contributed by atoms with E-state index in [-0.39, 0.29) is 22.7 Å². The van der Waals surface area contributed by atoms with Crippen LogP contribution < -0.4 is 20.4 Å². The quantitative estimate of drug-likeness (QED) is 0.830. The number of anilines is 1. The number of ether oxygens (including phenoxy) is 1. The summed E-state index contributed by atoms with van der Waals surface area (Å²) < 4.78 is 22.4. The molecule has 7 nitrogen and oxygen atoms in total. The van der Waals surface area contributed by atoms with E-state index >= 15 is 4.39 Å². The van der Waals surface area contributed by atoms with Gasteiger partial charge in [0, 0.05) is 38.4 Å². The number of fused-ring (bicyclic) bond motifs is 1. The second-order valence-corrected chi connectivity index (χ2v) is 6.75. The number of carboxylic acid groups (broad SMARTS) is 1. The van der Waals surface area contributed by atoms with Crippen molar-refractivity contribution in [3.05, 3.63) is 33.9 Å². The predicted molar refractivity (Wildman–Crippen MR) is 102 cm³/mol. The monoisotopic (exact) mass is 377 g/mol. The number of aryl methyl sites for hydroxylation is 1. The number of aromatic carboxylic acids is 1. The molecule has 1 aliphatic heterocycles. The van der Waals surface area contributed by atoms with Gasteiger partial charge in [-0.05, 0) is 19.4 Å². The highest BCUT2D eigenvalue weighted by Crippen LogP contribution is 2.39. The zero-order chi connectivity index (χ0) is 19.7. The van der Waals surface area contributed by atoms with Crippen LogP contribution in [0.2, 0.25) is 0 Å². The van der Waals surface area contributed by atoms with E-state index in [0.29, 0.717) is 37.4 Å². The lowest BCUT2D eigenvalue weighted by Crippen LogP contribution is -2.50. The Kier molecular flexibility index (Phi) is 5.36. The SMILES string of the molecule is CCCn1cc(C(=O)O)c(=O)c2cc(F)c(N3CCNCC3C)c(OC)c21. The number of carbonyl (C=O) groups is 1. The summed E-state index contributed by atoms with van der Waals surface area (Å²) in [5, 5.41) is 12.6. The van der Waals surface area contributed by atoms with Crippen molar-refractivity contribution in [2.75, 3.05) is 31.6 Å². The number of carboxylic acids is 1. The molecule has 1 saturated heterocycles. The Morgan fingerprint density at radius 3 is 2.81 bits per heavy atom. The van der Waals surface area contributed by atoms with Gasteiger partial charge in [0.05, 0.1) is 18.0 Å². The lowest BCUT2D eigenvalue weighted by molar-refractivity contribution is 0.0694. The number of nitrogens with one attached hydrogen (secondary N) is 1. The minimum Gasteiger partial charge on any atom is -0.492 e. The van der Waals surface area contributed by atoms with Crippen LogP contribution in [-0.4, -0.2) is 48.4 Å². The van der Waals surface area contributed by atoms with E-state index in [1.807, 2.05) is 18.7 Å². The zero-order valence-corrected chi connectivity index (χ0v) is 15.7. The maximum atomic E-state index is 15.1. The van der Waals surface area contributed by atoms with Gasteiger partial charge in [0.15, 0.2) is 11.6 Å². The molecule has 2 N–H and O–H groups in total. The molecule has 0 amide bonds. The topological polar surface area (TPSA) is 83.8 Å². The molecular formula is C19H24FN3O4. The molecule has 0 spiro atoms. The molecule has 0 saturated carbocycles. The Hall–Kier alpha value is -2.61. The standard InChI is InChI=1S/C19H24FN3O4/c1-4-6-22-10-13(19(25)26)17(24)12-8-14(20)16(18(27-3)15(12)22)23-7-5-21-9-11(23)2/h8,10-11,21H,4-7,9H2,1-3H3,(H,25,26). The molecule has 0 bridgehead atoms. The summed E-state index contributed by atoms with van der Waals surface area (Å²) in [6, 6.07) is 1.19. The van der Waals surface area contributed by atoms with Crippen molar-refractivity contribution >= 4 is 22.6 Å². The van der Waals surface area contributed by atoms with Crippen LogP contribution in [0.4, 0.5) is 10.1 Å². The first-order valence-corrected chi connectivity index (χ1v) is 9.05. The summed E-state index contributed by atoms with van der Waals surface area (Å²) in [6.07, 6.45) is 2.04. The number of nitrogens with zero attached hydrogens (tertiary/aromatic N) is 2. The molecule has 1 atom stereocenters. The number of hydrogen-bond acceptors (Lipinski definition) is 5. The van der Waals surface area contributed by atoms with E-state index in [9.17, 15) is 14.7 Å². The largest absolute Gasteiger partial charge is 0.492 e. The third-order valence-electron chi connectivity index (χ3n) is 4.93. The molecule has 1 aromatic heterocycles. The third kappa shape index (κ3) is 3.25. The molecule has 1 fully saturated rings. The summed E-state index contributed by atoms with van der Waals surface area (Å²) in [5.41, 5.74) is -0.342. The average molecular weight is 377 g/mol. The highest BCUT2D eigenvalue weighted by molar-refractivity contribution is 5.97. The summed E-state index contributed by atoms with van der Waals surface area (Å²) >= 11 is 0. The molecule has 1 aromatic carbocycles. The molecule has 146 valence electrons. The summed E-state index contributed by atoms with van der Waals surface area (Å²) in [6.45, 7) is 6.44. The van der Waals surface area contributed by atoms with Crippen molar-refractivity contribution in [3.8, 4) is 5.75 Å². The van der Waals surface area contributed by atoms with E-state index in [1.54, 1.807) is 4.57 Å². The normalized spacial score (nSPS) is 17.3. The van der Waals surface area contributed by atoms with Crippen LogP contribution in [-0.2, 0) is 6.54 Å². The van der Waals surface area contributed by atoms with Gasteiger partial charge in [-0.2, -0.15) is 0 Å². The van der Waals surface area contributed by atoms with E-state index in [1.165, 1.54) is 13.3 Å². The Morgan fingerprint density at radius 1 is 1.48 bits per heavy atom. The van der Waals surface area contributed by atoms with Crippen molar-refractivity contribution in [1.29, 1.82) is 0 Å². The Morgan fingerprint density at radius 2 is 2.22 bits per heavy atom. The molecule has 0 aliphatic carbocycles. The summed E-state index contributed by atoms with van der Waals surface area (Å²) in [7, 11) is 1.44. The molecule has 0 radical (unpaired) electrons. The molecule has 27 heavy (non-hydrogen) atoms. The van der Waals surface area contributed by atoms with Crippen LogP contribution >= 0.6 is 0 Å². The number of aromatic nitrogens is 1. The fourth-order valence-electron chi connectivity index (χ4n) is 3.69. The van der Waals surface area contributed by atoms with Crippen LogP contribution in [0.25, 0.3) is 10.9 Å². The summed E-state index contributed by atoms with van der Waals surface area (Å²) in [5.74, 6) is -1.65. The second-order valence-electron chi connectivity index (χ2n) is 6.75. The maximum Gasteiger partial charge on any atom is 0.341 e. The number of hydrogen-bond donors (Lipinski definition) is 2. The smallest absolute Gasteiger partial charge is 0.341 e. The van der Waals surface area contributed by atoms with E-state index in [4.69, 9.17) is 4.74 Å². The average Bonchev–Trinajstić information content (AvgIpc) is 2.63. The van der Waals surface area contributed by atoms with Crippen molar-refractivity contribution in [2.24, 2.45) is 0 Å². The molecule has 2 aromatic rings. The lowest BCUT2D eigenvalue weighted by atomic mass is 10.1. The zero-order valence-electron chi connectivity index (χ0n) is 15.7. The molecular weight excluding hydrogens is 353 g/mol. The maximum absolute atomic E-state index is 15.1. The highest BCUT2D eigenvalue weighted by Gasteiger charge is 2.28. The van der Waals surface area contributed by atoms with E-state index in [0.717, 1.165) is 12.5 Å².